The summed E-state index contributed by atoms with van der Waals surface area (Å²) in [5, 5.41) is 12.6. The Morgan fingerprint density at radius 1 is 1.18 bits per heavy atom. The second-order valence-electron chi connectivity index (χ2n) is 7.48. The van der Waals surface area contributed by atoms with Crippen LogP contribution in [0.25, 0.3) is 11.0 Å². The number of anilines is 1. The van der Waals surface area contributed by atoms with E-state index in [-0.39, 0.29) is 30.0 Å². The first-order chi connectivity index (χ1) is 16.4. The van der Waals surface area contributed by atoms with Gasteiger partial charge in [0.2, 0.25) is 5.55 Å². The number of hydrogen-bond acceptors (Lipinski definition) is 6. The molecular weight excluding hydrogens is 444 g/mol. The lowest BCUT2D eigenvalue weighted by Crippen LogP contribution is -2.23. The van der Waals surface area contributed by atoms with Crippen LogP contribution in [-0.4, -0.2) is 23.1 Å². The van der Waals surface area contributed by atoms with Crippen LogP contribution in [0.4, 0.5) is 14.5 Å². The van der Waals surface area contributed by atoms with Crippen LogP contribution in [-0.2, 0) is 13.2 Å². The third-order valence-electron chi connectivity index (χ3n) is 5.21. The Balaban J connectivity index is 1.82. The fraction of sp³-hybridized carbons (Fsp3) is 0.160. The largest absolute Gasteiger partial charge is 0.497 e. The van der Waals surface area contributed by atoms with Gasteiger partial charge in [0.1, 0.15) is 22.9 Å². The highest BCUT2D eigenvalue weighted by atomic mass is 19.1. The van der Waals surface area contributed by atoms with Crippen molar-refractivity contribution in [3.63, 3.8) is 0 Å². The maximum Gasteiger partial charge on any atom is 0.261 e. The van der Waals surface area contributed by atoms with E-state index in [0.29, 0.717) is 34.0 Å². The van der Waals surface area contributed by atoms with Gasteiger partial charge in [-0.25, -0.2) is 13.8 Å². The van der Waals surface area contributed by atoms with Crippen molar-refractivity contribution >= 4 is 22.6 Å². The molecule has 4 aromatic rings. The first kappa shape index (κ1) is 23.1. The molecule has 7 nitrogen and oxygen atoms in total. The van der Waals surface area contributed by atoms with E-state index in [4.69, 9.17) is 9.15 Å². The summed E-state index contributed by atoms with van der Waals surface area (Å²) in [4.78, 5) is 21.8. The quantitative estimate of drug-likeness (QED) is 0.443. The number of benzene rings is 2. The van der Waals surface area contributed by atoms with Gasteiger partial charge in [0.25, 0.3) is 5.91 Å². The number of methoxy groups -OCH3 is 1. The van der Waals surface area contributed by atoms with Crippen LogP contribution < -0.4 is 15.6 Å². The van der Waals surface area contributed by atoms with E-state index in [1.54, 1.807) is 26.2 Å². The standard InChI is InChI=1S/C25H21F2N3O4/c1-14-23-19(16(13-31)12-28-14)10-20(24(32)30-22-8-5-17(26)9-21(22)27)25(34-23)29-11-15-3-6-18(33-2)7-4-15/h3-10,12,31H,11,13H2,1-2H3,(H,30,32). The molecule has 2 heterocycles. The lowest BCUT2D eigenvalue weighted by atomic mass is 10.1. The second-order valence-corrected chi connectivity index (χ2v) is 7.48. The van der Waals surface area contributed by atoms with Crippen molar-refractivity contribution in [2.75, 3.05) is 12.4 Å². The maximum absolute atomic E-state index is 14.1. The van der Waals surface area contributed by atoms with Crippen molar-refractivity contribution in [1.82, 2.24) is 4.98 Å². The molecule has 0 saturated heterocycles. The molecule has 0 fully saturated rings. The van der Waals surface area contributed by atoms with E-state index in [9.17, 15) is 18.7 Å². The van der Waals surface area contributed by atoms with Crippen LogP contribution in [0.3, 0.4) is 0 Å². The molecule has 0 bridgehead atoms. The van der Waals surface area contributed by atoms with E-state index in [0.717, 1.165) is 17.7 Å². The number of aryl methyl sites for hydroxylation is 1. The van der Waals surface area contributed by atoms with Gasteiger partial charge in [-0.2, -0.15) is 0 Å². The Morgan fingerprint density at radius 2 is 1.94 bits per heavy atom. The molecule has 0 aliphatic rings. The Labute approximate surface area is 193 Å². The highest BCUT2D eigenvalue weighted by molar-refractivity contribution is 6.05. The number of nitrogens with zero attached hydrogens (tertiary/aromatic N) is 2. The van der Waals surface area contributed by atoms with Gasteiger partial charge in [-0.3, -0.25) is 9.78 Å². The number of nitrogens with one attached hydrogen (secondary N) is 1. The fourth-order valence-corrected chi connectivity index (χ4v) is 3.37. The van der Waals surface area contributed by atoms with E-state index >= 15 is 0 Å². The van der Waals surface area contributed by atoms with Crippen molar-refractivity contribution in [1.29, 1.82) is 0 Å². The molecule has 174 valence electrons. The number of rotatable bonds is 6. The van der Waals surface area contributed by atoms with Gasteiger partial charge in [0.15, 0.2) is 5.58 Å². The van der Waals surface area contributed by atoms with Crippen molar-refractivity contribution < 1.29 is 27.8 Å². The number of aliphatic hydroxyl groups is 1. The van der Waals surface area contributed by atoms with E-state index in [1.807, 2.05) is 12.1 Å². The Bertz CT molecular complexity index is 1430. The number of aliphatic hydroxyl groups excluding tert-OH is 1. The molecule has 0 atom stereocenters. The SMILES string of the molecule is COc1ccc(CN=c2oc3c(C)ncc(CO)c3cc2C(=O)Nc2ccc(F)cc2F)cc1. The highest BCUT2D eigenvalue weighted by Gasteiger charge is 2.17. The number of aromatic nitrogens is 1. The van der Waals surface area contributed by atoms with Crippen molar-refractivity contribution in [3.05, 3.63) is 94.3 Å². The summed E-state index contributed by atoms with van der Waals surface area (Å²) in [5.74, 6) is -1.69. The third-order valence-corrected chi connectivity index (χ3v) is 5.21. The molecule has 2 aromatic heterocycles. The van der Waals surface area contributed by atoms with Crippen LogP contribution in [0.1, 0.15) is 27.2 Å². The van der Waals surface area contributed by atoms with Gasteiger partial charge in [-0.05, 0) is 42.8 Å². The monoisotopic (exact) mass is 465 g/mol. The zero-order chi connectivity index (χ0) is 24.2. The number of carbonyl (C=O) groups is 1. The molecule has 0 radical (unpaired) electrons. The summed E-state index contributed by atoms with van der Waals surface area (Å²) in [5.41, 5.74) is 2.03. The minimum absolute atomic E-state index is 0.00308. The smallest absolute Gasteiger partial charge is 0.261 e. The van der Waals surface area contributed by atoms with E-state index < -0.39 is 17.5 Å². The predicted octanol–water partition coefficient (Wildman–Crippen LogP) is 4.27. The normalized spacial score (nSPS) is 11.6. The lowest BCUT2D eigenvalue weighted by molar-refractivity contribution is 0.102. The zero-order valence-corrected chi connectivity index (χ0v) is 18.4. The molecule has 4 rings (SSSR count). The highest BCUT2D eigenvalue weighted by Crippen LogP contribution is 2.22. The summed E-state index contributed by atoms with van der Waals surface area (Å²) in [6.07, 6.45) is 1.49. The number of amides is 1. The lowest BCUT2D eigenvalue weighted by Gasteiger charge is -2.10. The first-order valence-corrected chi connectivity index (χ1v) is 10.3. The van der Waals surface area contributed by atoms with Crippen LogP contribution >= 0.6 is 0 Å². The molecule has 1 amide bonds. The number of ether oxygens (including phenoxy) is 1. The Morgan fingerprint density at radius 3 is 2.62 bits per heavy atom. The summed E-state index contributed by atoms with van der Waals surface area (Å²) in [6, 6.07) is 11.6. The number of hydrogen-bond donors (Lipinski definition) is 2. The van der Waals surface area contributed by atoms with Crippen LogP contribution in [0.2, 0.25) is 0 Å². The molecule has 0 unspecified atom stereocenters. The van der Waals surface area contributed by atoms with Gasteiger partial charge in [0, 0.05) is 23.2 Å². The molecule has 2 aromatic carbocycles. The van der Waals surface area contributed by atoms with E-state index in [1.165, 1.54) is 12.3 Å². The van der Waals surface area contributed by atoms with Crippen molar-refractivity contribution in [2.24, 2.45) is 4.99 Å². The predicted molar refractivity (Wildman–Crippen MR) is 121 cm³/mol. The fourth-order valence-electron chi connectivity index (χ4n) is 3.37. The molecule has 0 aliphatic carbocycles. The van der Waals surface area contributed by atoms with Gasteiger partial charge in [-0.1, -0.05) is 12.1 Å². The molecule has 9 heteroatoms. The number of halogens is 2. The molecule has 0 aliphatic heterocycles. The Hall–Kier alpha value is -4.11. The summed E-state index contributed by atoms with van der Waals surface area (Å²) in [7, 11) is 1.57. The zero-order valence-electron chi connectivity index (χ0n) is 18.4. The summed E-state index contributed by atoms with van der Waals surface area (Å²) < 4.78 is 38.5. The number of fused-ring (bicyclic) bond motifs is 1. The van der Waals surface area contributed by atoms with E-state index in [2.05, 4.69) is 15.3 Å². The summed E-state index contributed by atoms with van der Waals surface area (Å²) >= 11 is 0. The average Bonchev–Trinajstić information content (AvgIpc) is 2.84. The Kier molecular flexibility index (Phi) is 6.65. The van der Waals surface area contributed by atoms with Crippen molar-refractivity contribution in [2.45, 2.75) is 20.1 Å². The van der Waals surface area contributed by atoms with Gasteiger partial charge in [0.05, 0.1) is 31.6 Å². The second kappa shape index (κ2) is 9.80. The third kappa shape index (κ3) is 4.79. The van der Waals surface area contributed by atoms with Gasteiger partial charge < -0.3 is 19.6 Å². The molecule has 34 heavy (non-hydrogen) atoms. The van der Waals surface area contributed by atoms with Crippen LogP contribution in [0, 0.1) is 18.6 Å². The molecule has 2 N–H and O–H groups in total. The molecular formula is C25H21F2N3O4. The minimum Gasteiger partial charge on any atom is -0.497 e. The first-order valence-electron chi connectivity index (χ1n) is 10.3. The van der Waals surface area contributed by atoms with Crippen LogP contribution in [0.5, 0.6) is 5.75 Å². The molecule has 0 saturated carbocycles. The topological polar surface area (TPSA) is 97.0 Å². The van der Waals surface area contributed by atoms with Crippen molar-refractivity contribution in [3.8, 4) is 5.75 Å². The minimum atomic E-state index is -0.918. The average molecular weight is 465 g/mol. The number of pyridine rings is 1. The van der Waals surface area contributed by atoms with Gasteiger partial charge >= 0.3 is 0 Å². The number of carbonyl (C=O) groups excluding carboxylic acids is 1. The van der Waals surface area contributed by atoms with Gasteiger partial charge in [-0.15, -0.1) is 0 Å². The summed E-state index contributed by atoms with van der Waals surface area (Å²) in [6.45, 7) is 1.60. The molecule has 0 spiro atoms. The van der Waals surface area contributed by atoms with Crippen LogP contribution in [0.15, 0.2) is 64.1 Å². The maximum atomic E-state index is 14.1.